The second kappa shape index (κ2) is 10.7. The third kappa shape index (κ3) is 5.84. The Morgan fingerprint density at radius 1 is 1.32 bits per heavy atom. The van der Waals surface area contributed by atoms with Crippen LogP contribution in [0.15, 0.2) is 46.8 Å². The Morgan fingerprint density at radius 2 is 2.11 bits per heavy atom. The van der Waals surface area contributed by atoms with Gasteiger partial charge in [0.1, 0.15) is 12.3 Å². The number of rotatable bonds is 6. The smallest absolute Gasteiger partial charge is 0.243 e. The summed E-state index contributed by atoms with van der Waals surface area (Å²) in [6.07, 6.45) is 0. The standard InChI is InChI=1S/C20H26N4O2S.HI/c1-14(17-13-26-18-9-5-4-8-16(17)18)23-20(22-12-19(25)24(2)3)21-11-15-7-6-10-27-15;/h4-10,14,17H,11-13H2,1-3H3,(H2,21,22,23);1H. The highest BCUT2D eigenvalue weighted by atomic mass is 127. The number of benzene rings is 1. The molecular weight excluding hydrogens is 487 g/mol. The molecule has 3 rings (SSSR count). The van der Waals surface area contributed by atoms with Gasteiger partial charge in [0, 0.05) is 36.5 Å². The van der Waals surface area contributed by atoms with Crippen LogP contribution in [0.2, 0.25) is 0 Å². The largest absolute Gasteiger partial charge is 0.493 e. The molecule has 0 spiro atoms. The molecule has 1 aliphatic rings. The van der Waals surface area contributed by atoms with Gasteiger partial charge >= 0.3 is 0 Å². The van der Waals surface area contributed by atoms with E-state index in [-0.39, 0.29) is 48.4 Å². The third-order valence-corrected chi connectivity index (χ3v) is 5.46. The maximum atomic E-state index is 11.9. The molecule has 0 aliphatic carbocycles. The van der Waals surface area contributed by atoms with E-state index in [0.717, 1.165) is 5.75 Å². The fourth-order valence-electron chi connectivity index (χ4n) is 2.94. The van der Waals surface area contributed by atoms with Crippen LogP contribution >= 0.6 is 35.3 Å². The number of nitrogens with one attached hydrogen (secondary N) is 2. The zero-order valence-corrected chi connectivity index (χ0v) is 19.5. The molecule has 0 saturated carbocycles. The van der Waals surface area contributed by atoms with Crippen LogP contribution in [0, 0.1) is 0 Å². The highest BCUT2D eigenvalue weighted by Crippen LogP contribution is 2.35. The fourth-order valence-corrected chi connectivity index (χ4v) is 3.59. The number of aliphatic imine (C=N–C) groups is 1. The summed E-state index contributed by atoms with van der Waals surface area (Å²) >= 11 is 1.69. The molecule has 1 aliphatic heterocycles. The van der Waals surface area contributed by atoms with Gasteiger partial charge in [0.2, 0.25) is 5.91 Å². The van der Waals surface area contributed by atoms with Gasteiger partial charge in [-0.1, -0.05) is 24.3 Å². The molecule has 0 bridgehead atoms. The van der Waals surface area contributed by atoms with Crippen molar-refractivity contribution in [2.75, 3.05) is 27.2 Å². The van der Waals surface area contributed by atoms with Gasteiger partial charge in [-0.3, -0.25) is 4.79 Å². The molecule has 2 heterocycles. The number of likely N-dealkylation sites (N-methyl/N-ethyl adjacent to an activating group) is 1. The predicted molar refractivity (Wildman–Crippen MR) is 125 cm³/mol. The average Bonchev–Trinajstić information content (AvgIpc) is 3.32. The minimum absolute atomic E-state index is 0. The van der Waals surface area contributed by atoms with Gasteiger partial charge in [0.25, 0.3) is 0 Å². The fraction of sp³-hybridized carbons (Fsp3) is 0.400. The lowest BCUT2D eigenvalue weighted by Gasteiger charge is -2.23. The number of guanidine groups is 1. The lowest BCUT2D eigenvalue weighted by atomic mass is 9.94. The van der Waals surface area contributed by atoms with E-state index >= 15 is 0 Å². The SMILES string of the molecule is CC(NC(=NCC(=O)N(C)C)NCc1cccs1)C1COc2ccccc21.I. The van der Waals surface area contributed by atoms with Gasteiger partial charge in [-0.25, -0.2) is 4.99 Å². The number of ether oxygens (including phenoxy) is 1. The number of carbonyl (C=O) groups excluding carboxylic acids is 1. The minimum Gasteiger partial charge on any atom is -0.493 e. The number of halogens is 1. The van der Waals surface area contributed by atoms with Crippen LogP contribution in [0.4, 0.5) is 0 Å². The summed E-state index contributed by atoms with van der Waals surface area (Å²) in [5.41, 5.74) is 1.21. The van der Waals surface area contributed by atoms with Crippen LogP contribution in [0.5, 0.6) is 5.75 Å². The van der Waals surface area contributed by atoms with Crippen LogP contribution < -0.4 is 15.4 Å². The van der Waals surface area contributed by atoms with Crippen molar-refractivity contribution in [1.29, 1.82) is 0 Å². The summed E-state index contributed by atoms with van der Waals surface area (Å²) in [5, 5.41) is 8.83. The first-order valence-electron chi connectivity index (χ1n) is 9.03. The molecule has 1 aromatic heterocycles. The Hall–Kier alpha value is -1.81. The molecule has 8 heteroatoms. The molecule has 1 aromatic carbocycles. The van der Waals surface area contributed by atoms with Gasteiger partial charge in [-0.15, -0.1) is 35.3 Å². The molecule has 6 nitrogen and oxygen atoms in total. The van der Waals surface area contributed by atoms with Crippen molar-refractivity contribution >= 4 is 47.2 Å². The van der Waals surface area contributed by atoms with Gasteiger partial charge in [-0.05, 0) is 24.4 Å². The van der Waals surface area contributed by atoms with E-state index < -0.39 is 0 Å². The number of para-hydroxylation sites is 1. The van der Waals surface area contributed by atoms with Crippen LogP contribution in [-0.4, -0.2) is 50.1 Å². The highest BCUT2D eigenvalue weighted by molar-refractivity contribution is 14.0. The zero-order chi connectivity index (χ0) is 19.2. The molecule has 0 fully saturated rings. The predicted octanol–water partition coefficient (Wildman–Crippen LogP) is 3.05. The van der Waals surface area contributed by atoms with Crippen LogP contribution in [0.3, 0.4) is 0 Å². The molecule has 2 unspecified atom stereocenters. The van der Waals surface area contributed by atoms with E-state index in [1.165, 1.54) is 10.4 Å². The molecule has 2 atom stereocenters. The Kier molecular flexibility index (Phi) is 8.56. The molecule has 0 radical (unpaired) electrons. The minimum atomic E-state index is -0.0329. The van der Waals surface area contributed by atoms with E-state index in [1.54, 1.807) is 30.3 Å². The topological polar surface area (TPSA) is 66.0 Å². The van der Waals surface area contributed by atoms with E-state index in [1.807, 2.05) is 29.6 Å². The first kappa shape index (κ1) is 22.5. The van der Waals surface area contributed by atoms with Gasteiger partial charge in [0.15, 0.2) is 5.96 Å². The molecule has 1 amide bonds. The molecule has 2 aromatic rings. The number of carbonyl (C=O) groups is 1. The summed E-state index contributed by atoms with van der Waals surface area (Å²) in [6.45, 7) is 3.54. The number of hydrogen-bond acceptors (Lipinski definition) is 4. The van der Waals surface area contributed by atoms with Crippen molar-refractivity contribution in [1.82, 2.24) is 15.5 Å². The molecular formula is C20H27IN4O2S. The van der Waals surface area contributed by atoms with Crippen LogP contribution in [0.1, 0.15) is 23.3 Å². The maximum Gasteiger partial charge on any atom is 0.243 e. The van der Waals surface area contributed by atoms with Crippen molar-refractivity contribution in [2.45, 2.75) is 25.4 Å². The summed E-state index contributed by atoms with van der Waals surface area (Å²) in [7, 11) is 3.47. The number of amides is 1. The van der Waals surface area contributed by atoms with E-state index in [0.29, 0.717) is 19.1 Å². The maximum absolute atomic E-state index is 11.9. The molecule has 2 N–H and O–H groups in total. The molecule has 0 saturated heterocycles. The second-order valence-electron chi connectivity index (χ2n) is 6.77. The Balaban J connectivity index is 0.00000280. The summed E-state index contributed by atoms with van der Waals surface area (Å²) in [6, 6.07) is 12.3. The van der Waals surface area contributed by atoms with Gasteiger partial charge in [0.05, 0.1) is 13.2 Å². The van der Waals surface area contributed by atoms with E-state index in [4.69, 9.17) is 4.74 Å². The van der Waals surface area contributed by atoms with Crippen molar-refractivity contribution in [3.05, 3.63) is 52.2 Å². The Labute approximate surface area is 187 Å². The van der Waals surface area contributed by atoms with E-state index in [9.17, 15) is 4.79 Å². The van der Waals surface area contributed by atoms with Crippen LogP contribution in [0.25, 0.3) is 0 Å². The highest BCUT2D eigenvalue weighted by Gasteiger charge is 2.29. The van der Waals surface area contributed by atoms with Crippen molar-refractivity contribution in [2.24, 2.45) is 4.99 Å². The first-order valence-corrected chi connectivity index (χ1v) is 9.91. The van der Waals surface area contributed by atoms with Crippen molar-refractivity contribution < 1.29 is 9.53 Å². The van der Waals surface area contributed by atoms with Crippen molar-refractivity contribution in [3.8, 4) is 5.75 Å². The van der Waals surface area contributed by atoms with E-state index in [2.05, 4.69) is 34.7 Å². The second-order valence-corrected chi connectivity index (χ2v) is 7.81. The zero-order valence-electron chi connectivity index (χ0n) is 16.3. The van der Waals surface area contributed by atoms with Crippen LogP contribution in [-0.2, 0) is 11.3 Å². The number of fused-ring (bicyclic) bond motifs is 1. The number of hydrogen-bond donors (Lipinski definition) is 2. The quantitative estimate of drug-likeness (QED) is 0.354. The first-order chi connectivity index (χ1) is 13.0. The molecule has 152 valence electrons. The summed E-state index contributed by atoms with van der Waals surface area (Å²) < 4.78 is 5.80. The summed E-state index contributed by atoms with van der Waals surface area (Å²) in [4.78, 5) is 19.2. The monoisotopic (exact) mass is 514 g/mol. The number of thiophene rings is 1. The molecule has 28 heavy (non-hydrogen) atoms. The number of nitrogens with zero attached hydrogens (tertiary/aromatic N) is 2. The Morgan fingerprint density at radius 3 is 2.82 bits per heavy atom. The Bertz CT molecular complexity index is 795. The normalized spacial score (nSPS) is 16.4. The lowest BCUT2D eigenvalue weighted by Crippen LogP contribution is -2.45. The van der Waals surface area contributed by atoms with Gasteiger partial charge in [-0.2, -0.15) is 0 Å². The van der Waals surface area contributed by atoms with Crippen molar-refractivity contribution in [3.63, 3.8) is 0 Å². The summed E-state index contributed by atoms with van der Waals surface area (Å²) in [5.74, 6) is 1.79. The third-order valence-electron chi connectivity index (χ3n) is 4.59. The lowest BCUT2D eigenvalue weighted by molar-refractivity contribution is -0.127. The van der Waals surface area contributed by atoms with Gasteiger partial charge < -0.3 is 20.3 Å². The average molecular weight is 514 g/mol.